The Kier molecular flexibility index (Phi) is 5.03. The fourth-order valence-electron chi connectivity index (χ4n) is 2.91. The number of aromatic hydroxyl groups is 1. The van der Waals surface area contributed by atoms with Gasteiger partial charge in [-0.25, -0.2) is 0 Å². The first-order valence-electron chi connectivity index (χ1n) is 8.76. The number of para-hydroxylation sites is 1. The van der Waals surface area contributed by atoms with Crippen LogP contribution in [0.3, 0.4) is 0 Å². The summed E-state index contributed by atoms with van der Waals surface area (Å²) in [4.78, 5) is 4.08. The third kappa shape index (κ3) is 3.72. The molecule has 4 rings (SSSR count). The number of ether oxygens (including phenoxy) is 1. The number of aliphatic hydroxyl groups excluding tert-OH is 1. The van der Waals surface area contributed by atoms with E-state index < -0.39 is 6.10 Å². The number of hydrogen-bond donors (Lipinski definition) is 2. The van der Waals surface area contributed by atoms with E-state index in [9.17, 15) is 10.2 Å². The Morgan fingerprint density at radius 3 is 2.46 bits per heavy atom. The van der Waals surface area contributed by atoms with Crippen LogP contribution in [0.1, 0.15) is 23.0 Å². The molecule has 0 aliphatic heterocycles. The monoisotopic (exact) mass is 374 g/mol. The largest absolute Gasteiger partial charge is 0.508 e. The summed E-state index contributed by atoms with van der Waals surface area (Å²) < 4.78 is 11.3. The minimum atomic E-state index is -0.988. The van der Waals surface area contributed by atoms with Crippen molar-refractivity contribution in [1.29, 1.82) is 0 Å². The molecule has 0 saturated carbocycles. The maximum Gasteiger partial charge on any atom is 0.180 e. The number of aliphatic hydroxyl groups is 1. The number of phenols is 1. The second-order valence-corrected chi connectivity index (χ2v) is 6.21. The highest BCUT2D eigenvalue weighted by atomic mass is 16.5. The lowest BCUT2D eigenvalue weighted by Crippen LogP contribution is -2.06. The van der Waals surface area contributed by atoms with Gasteiger partial charge in [0, 0.05) is 23.5 Å². The molecule has 0 fully saturated rings. The summed E-state index contributed by atoms with van der Waals surface area (Å²) >= 11 is 0. The molecule has 1 unspecified atom stereocenters. The number of hydrogen-bond acceptors (Lipinski definition) is 6. The molecule has 2 aromatic carbocycles. The van der Waals surface area contributed by atoms with Gasteiger partial charge >= 0.3 is 0 Å². The van der Waals surface area contributed by atoms with E-state index >= 15 is 0 Å². The van der Waals surface area contributed by atoms with E-state index in [4.69, 9.17) is 9.26 Å². The highest BCUT2D eigenvalue weighted by molar-refractivity contribution is 5.65. The Bertz CT molecular complexity index is 1030. The van der Waals surface area contributed by atoms with Gasteiger partial charge in [-0.1, -0.05) is 29.4 Å². The minimum Gasteiger partial charge on any atom is -0.508 e. The Morgan fingerprint density at radius 1 is 0.964 bits per heavy atom. The molecule has 6 heteroatoms. The third-order valence-corrected chi connectivity index (χ3v) is 4.33. The Balaban J connectivity index is 1.72. The molecule has 0 saturated heterocycles. The van der Waals surface area contributed by atoms with E-state index in [1.54, 1.807) is 48.8 Å². The molecule has 2 N–H and O–H groups in total. The lowest BCUT2D eigenvalue weighted by Gasteiger charge is -2.13. The van der Waals surface area contributed by atoms with E-state index in [2.05, 4.69) is 10.1 Å². The van der Waals surface area contributed by atoms with Gasteiger partial charge in [0.25, 0.3) is 0 Å². The summed E-state index contributed by atoms with van der Waals surface area (Å²) in [5.74, 6) is 1.25. The van der Waals surface area contributed by atoms with Crippen LogP contribution in [0.15, 0.2) is 83.6 Å². The van der Waals surface area contributed by atoms with Crippen LogP contribution < -0.4 is 4.74 Å². The summed E-state index contributed by atoms with van der Waals surface area (Å²) in [6, 6.07) is 19.4. The SMILES string of the molecule is Oc1ccc(-c2noc(COc3ccccc3)c2C(O)c2cccnc2)cc1. The second kappa shape index (κ2) is 7.94. The van der Waals surface area contributed by atoms with Crippen molar-refractivity contribution in [1.82, 2.24) is 10.1 Å². The topological polar surface area (TPSA) is 88.6 Å². The fraction of sp³-hybridized carbons (Fsp3) is 0.0909. The van der Waals surface area contributed by atoms with Gasteiger partial charge in [0.15, 0.2) is 5.76 Å². The van der Waals surface area contributed by atoms with Crippen LogP contribution in [0.5, 0.6) is 11.5 Å². The number of rotatable bonds is 6. The van der Waals surface area contributed by atoms with Crippen LogP contribution in [0.4, 0.5) is 0 Å². The molecule has 1 atom stereocenters. The van der Waals surface area contributed by atoms with E-state index in [-0.39, 0.29) is 12.4 Å². The lowest BCUT2D eigenvalue weighted by molar-refractivity contribution is 0.205. The summed E-state index contributed by atoms with van der Waals surface area (Å²) in [6.07, 6.45) is 2.25. The number of nitrogens with zero attached hydrogens (tertiary/aromatic N) is 2. The summed E-state index contributed by atoms with van der Waals surface area (Å²) in [7, 11) is 0. The van der Waals surface area contributed by atoms with Crippen molar-refractivity contribution in [2.75, 3.05) is 0 Å². The molecule has 2 heterocycles. The van der Waals surface area contributed by atoms with E-state index in [1.807, 2.05) is 30.3 Å². The summed E-state index contributed by atoms with van der Waals surface area (Å²) in [6.45, 7) is 0.113. The van der Waals surface area contributed by atoms with Crippen molar-refractivity contribution in [3.63, 3.8) is 0 Å². The maximum atomic E-state index is 11.0. The minimum absolute atomic E-state index is 0.113. The van der Waals surface area contributed by atoms with E-state index in [0.29, 0.717) is 33.9 Å². The predicted octanol–water partition coefficient (Wildman–Crippen LogP) is 4.10. The zero-order chi connectivity index (χ0) is 19.3. The quantitative estimate of drug-likeness (QED) is 0.528. The van der Waals surface area contributed by atoms with Crippen molar-refractivity contribution in [3.05, 3.63) is 96.0 Å². The van der Waals surface area contributed by atoms with Crippen LogP contribution in [0.25, 0.3) is 11.3 Å². The van der Waals surface area contributed by atoms with Crippen molar-refractivity contribution >= 4 is 0 Å². The average molecular weight is 374 g/mol. The van der Waals surface area contributed by atoms with Crippen LogP contribution in [-0.2, 0) is 6.61 Å². The summed E-state index contributed by atoms with van der Waals surface area (Å²) in [5.41, 5.74) is 2.33. The second-order valence-electron chi connectivity index (χ2n) is 6.21. The molecule has 0 radical (unpaired) electrons. The van der Waals surface area contributed by atoms with Crippen molar-refractivity contribution < 1.29 is 19.5 Å². The first-order valence-corrected chi connectivity index (χ1v) is 8.76. The Morgan fingerprint density at radius 2 is 1.75 bits per heavy atom. The number of phenolic OH excluding ortho intramolecular Hbond substituents is 1. The molecule has 0 bridgehead atoms. The average Bonchev–Trinajstić information content (AvgIpc) is 3.17. The Hall–Kier alpha value is -3.64. The van der Waals surface area contributed by atoms with Gasteiger partial charge in [-0.3, -0.25) is 4.98 Å². The predicted molar refractivity (Wildman–Crippen MR) is 103 cm³/mol. The van der Waals surface area contributed by atoms with Gasteiger partial charge in [-0.2, -0.15) is 0 Å². The smallest absolute Gasteiger partial charge is 0.180 e. The fourth-order valence-corrected chi connectivity index (χ4v) is 2.91. The number of pyridine rings is 1. The number of aromatic nitrogens is 2. The molecular weight excluding hydrogens is 356 g/mol. The highest BCUT2D eigenvalue weighted by Gasteiger charge is 2.26. The molecule has 0 aliphatic carbocycles. The molecular formula is C22H18N2O4. The van der Waals surface area contributed by atoms with Gasteiger partial charge in [0.1, 0.15) is 29.9 Å². The van der Waals surface area contributed by atoms with E-state index in [0.717, 1.165) is 0 Å². The molecule has 0 spiro atoms. The first kappa shape index (κ1) is 17.8. The van der Waals surface area contributed by atoms with Gasteiger partial charge in [-0.05, 0) is 42.5 Å². The highest BCUT2D eigenvalue weighted by Crippen LogP contribution is 2.35. The molecule has 28 heavy (non-hydrogen) atoms. The standard InChI is InChI=1S/C22H18N2O4/c25-17-10-8-15(9-11-17)21-20(22(26)16-5-4-12-23-13-16)19(28-24-21)14-27-18-6-2-1-3-7-18/h1-13,22,25-26H,14H2. The first-order chi connectivity index (χ1) is 13.7. The van der Waals surface area contributed by atoms with Crippen LogP contribution in [0, 0.1) is 0 Å². The molecule has 4 aromatic rings. The van der Waals surface area contributed by atoms with Gasteiger partial charge < -0.3 is 19.5 Å². The van der Waals surface area contributed by atoms with Gasteiger partial charge in [-0.15, -0.1) is 0 Å². The molecule has 6 nitrogen and oxygen atoms in total. The van der Waals surface area contributed by atoms with Crippen molar-refractivity contribution in [2.45, 2.75) is 12.7 Å². The zero-order valence-corrected chi connectivity index (χ0v) is 14.9. The van der Waals surface area contributed by atoms with Crippen molar-refractivity contribution in [2.24, 2.45) is 0 Å². The maximum absolute atomic E-state index is 11.0. The molecule has 0 amide bonds. The Labute approximate surface area is 161 Å². The van der Waals surface area contributed by atoms with Gasteiger partial charge in [0.2, 0.25) is 0 Å². The molecule has 0 aliphatic rings. The third-order valence-electron chi connectivity index (χ3n) is 4.33. The molecule has 140 valence electrons. The lowest BCUT2D eigenvalue weighted by atomic mass is 9.97. The van der Waals surface area contributed by atoms with Crippen molar-refractivity contribution in [3.8, 4) is 22.8 Å². The van der Waals surface area contributed by atoms with Crippen LogP contribution >= 0.6 is 0 Å². The van der Waals surface area contributed by atoms with Gasteiger partial charge in [0.05, 0.1) is 5.56 Å². The summed E-state index contributed by atoms with van der Waals surface area (Å²) in [5, 5.41) is 24.7. The van der Waals surface area contributed by atoms with Crippen LogP contribution in [0.2, 0.25) is 0 Å². The van der Waals surface area contributed by atoms with E-state index in [1.165, 1.54) is 0 Å². The molecule has 2 aromatic heterocycles. The zero-order valence-electron chi connectivity index (χ0n) is 14.9. The normalized spacial score (nSPS) is 11.9. The number of benzene rings is 2. The van der Waals surface area contributed by atoms with Crippen LogP contribution in [-0.4, -0.2) is 20.4 Å².